The highest BCUT2D eigenvalue weighted by molar-refractivity contribution is 7.24. The number of halogens is 3. The van der Waals surface area contributed by atoms with Crippen molar-refractivity contribution in [3.05, 3.63) is 165 Å². The second kappa shape index (κ2) is 15.0. The highest BCUT2D eigenvalue weighted by Gasteiger charge is 2.23. The third-order valence-corrected chi connectivity index (χ3v) is 12.8. The van der Waals surface area contributed by atoms with Crippen LogP contribution in [0.1, 0.15) is 16.7 Å². The number of para-hydroxylation sites is 4. The second-order valence-corrected chi connectivity index (χ2v) is 16.6. The van der Waals surface area contributed by atoms with Crippen LogP contribution >= 0.6 is 57.5 Å². The standard InChI is InChI=1S/C23H18ClN3S.C22H15Cl2N3S/c1-14-8-7-9-15(2)20(14)25-22-21(16-10-3-4-11-17(16)24)26-23-27(22)18-12-5-6-13-19(18)28-23;1-13-7-6-10-16(24)19(13)25-21-20(14-8-2-3-9-15(14)23)26-22-27(21)17-11-4-5-12-18(17)28-22/h3-13,25H,1-2H3;2-12,25H,1H3. The van der Waals surface area contributed by atoms with E-state index < -0.39 is 0 Å². The van der Waals surface area contributed by atoms with E-state index in [2.05, 4.69) is 87.9 Å². The minimum atomic E-state index is 0.663. The van der Waals surface area contributed by atoms with Crippen LogP contribution in [0, 0.1) is 20.8 Å². The number of hydrogen-bond donors (Lipinski definition) is 2. The molecule has 0 aliphatic rings. The number of hydrogen-bond acceptors (Lipinski definition) is 6. The number of fused-ring (bicyclic) bond motifs is 6. The Labute approximate surface area is 346 Å². The summed E-state index contributed by atoms with van der Waals surface area (Å²) >= 11 is 22.9. The lowest BCUT2D eigenvalue weighted by atomic mass is 10.1. The van der Waals surface area contributed by atoms with Crippen molar-refractivity contribution in [1.29, 1.82) is 0 Å². The van der Waals surface area contributed by atoms with Crippen LogP contribution in [0.2, 0.25) is 15.1 Å². The van der Waals surface area contributed by atoms with Crippen LogP contribution in [0.4, 0.5) is 23.0 Å². The van der Waals surface area contributed by atoms with Gasteiger partial charge < -0.3 is 10.6 Å². The summed E-state index contributed by atoms with van der Waals surface area (Å²) < 4.78 is 6.72. The van der Waals surface area contributed by atoms with Gasteiger partial charge in [0.2, 0.25) is 0 Å². The normalized spacial score (nSPS) is 11.4. The summed E-state index contributed by atoms with van der Waals surface area (Å²) in [5, 5.41) is 9.26. The molecule has 0 saturated heterocycles. The van der Waals surface area contributed by atoms with E-state index in [-0.39, 0.29) is 0 Å². The summed E-state index contributed by atoms with van der Waals surface area (Å²) in [7, 11) is 0. The van der Waals surface area contributed by atoms with Gasteiger partial charge in [0, 0.05) is 16.8 Å². The lowest BCUT2D eigenvalue weighted by Crippen LogP contribution is -2.00. The van der Waals surface area contributed by atoms with Crippen LogP contribution in [-0.2, 0) is 0 Å². The molecular weight excluding hydrogens is 795 g/mol. The van der Waals surface area contributed by atoms with Crippen molar-refractivity contribution in [1.82, 2.24) is 18.8 Å². The van der Waals surface area contributed by atoms with Gasteiger partial charge in [0.25, 0.3) is 0 Å². The quantitative estimate of drug-likeness (QED) is 0.175. The summed E-state index contributed by atoms with van der Waals surface area (Å²) in [6.45, 7) is 6.27. The highest BCUT2D eigenvalue weighted by Crippen LogP contribution is 2.42. The van der Waals surface area contributed by atoms with E-state index >= 15 is 0 Å². The number of anilines is 4. The molecule has 0 aliphatic carbocycles. The van der Waals surface area contributed by atoms with Gasteiger partial charge in [0.15, 0.2) is 9.92 Å². The third-order valence-electron chi connectivity index (χ3n) is 9.76. The number of benzene rings is 6. The Bertz CT molecular complexity index is 2840. The molecule has 0 aliphatic heterocycles. The summed E-state index contributed by atoms with van der Waals surface area (Å²) in [5.74, 6) is 1.80. The number of nitrogens with zero attached hydrogens (tertiary/aromatic N) is 4. The Morgan fingerprint density at radius 1 is 0.446 bits per heavy atom. The zero-order valence-electron chi connectivity index (χ0n) is 30.4. The first-order valence-electron chi connectivity index (χ1n) is 17.9. The van der Waals surface area contributed by atoms with Gasteiger partial charge in [-0.3, -0.25) is 8.80 Å². The molecule has 2 N–H and O–H groups in total. The molecule has 0 amide bonds. The lowest BCUT2D eigenvalue weighted by molar-refractivity contribution is 1.26. The predicted molar refractivity (Wildman–Crippen MR) is 241 cm³/mol. The lowest BCUT2D eigenvalue weighted by Gasteiger charge is -2.14. The topological polar surface area (TPSA) is 58.7 Å². The van der Waals surface area contributed by atoms with Gasteiger partial charge in [-0.05, 0) is 79.9 Å². The molecule has 4 heterocycles. The largest absolute Gasteiger partial charge is 0.339 e. The molecule has 0 saturated carbocycles. The first kappa shape index (κ1) is 36.3. The minimum absolute atomic E-state index is 0.663. The monoisotopic (exact) mass is 826 g/mol. The van der Waals surface area contributed by atoms with Gasteiger partial charge in [-0.15, -0.1) is 0 Å². The van der Waals surface area contributed by atoms with Gasteiger partial charge in [-0.25, -0.2) is 9.97 Å². The SMILES string of the molecule is Cc1cccc(C)c1Nc1c(-c2ccccc2Cl)nc2sc3ccccc3n12.Cc1cccc(Cl)c1Nc1c(-c2ccccc2Cl)nc2sc3ccccc3n12. The first-order chi connectivity index (χ1) is 27.3. The van der Waals surface area contributed by atoms with Gasteiger partial charge >= 0.3 is 0 Å². The summed E-state index contributed by atoms with van der Waals surface area (Å²) in [5.41, 5.74) is 11.2. The smallest absolute Gasteiger partial charge is 0.197 e. The average Bonchev–Trinajstić information content (AvgIpc) is 3.94. The van der Waals surface area contributed by atoms with Crippen LogP contribution < -0.4 is 10.6 Å². The second-order valence-electron chi connectivity index (χ2n) is 13.4. The summed E-state index contributed by atoms with van der Waals surface area (Å²) in [6, 6.07) is 44.5. The molecule has 0 bridgehead atoms. The average molecular weight is 828 g/mol. The molecule has 11 heteroatoms. The fourth-order valence-electron chi connectivity index (χ4n) is 6.99. The van der Waals surface area contributed by atoms with E-state index in [4.69, 9.17) is 44.8 Å². The molecule has 0 unspecified atom stereocenters. The van der Waals surface area contributed by atoms with E-state index in [1.54, 1.807) is 22.7 Å². The maximum atomic E-state index is 6.54. The van der Waals surface area contributed by atoms with Crippen LogP contribution in [0.15, 0.2) is 133 Å². The van der Waals surface area contributed by atoms with Crippen LogP contribution in [-0.4, -0.2) is 18.8 Å². The molecule has 0 atom stereocenters. The number of nitrogens with one attached hydrogen (secondary N) is 2. The number of aromatic nitrogens is 4. The molecule has 10 rings (SSSR count). The van der Waals surface area contributed by atoms with Gasteiger partial charge in [0.05, 0.1) is 41.2 Å². The van der Waals surface area contributed by atoms with Crippen LogP contribution in [0.5, 0.6) is 0 Å². The molecule has 56 heavy (non-hydrogen) atoms. The fraction of sp³-hybridized carbons (Fsp3) is 0.0667. The van der Waals surface area contributed by atoms with Crippen molar-refractivity contribution in [2.75, 3.05) is 10.6 Å². The molecule has 10 aromatic rings. The molecular formula is C45H33Cl3N6S2. The number of thiazole rings is 2. The molecule has 6 nitrogen and oxygen atoms in total. The number of rotatable bonds is 6. The van der Waals surface area contributed by atoms with Crippen molar-refractivity contribution < 1.29 is 0 Å². The van der Waals surface area contributed by atoms with Crippen LogP contribution in [0.3, 0.4) is 0 Å². The number of aryl methyl sites for hydroxylation is 3. The zero-order valence-corrected chi connectivity index (χ0v) is 34.3. The van der Waals surface area contributed by atoms with Gasteiger partial charge in [0.1, 0.15) is 23.0 Å². The Morgan fingerprint density at radius 2 is 0.839 bits per heavy atom. The fourth-order valence-corrected chi connectivity index (χ4v) is 9.76. The van der Waals surface area contributed by atoms with Gasteiger partial charge in [-0.1, -0.05) is 148 Å². The van der Waals surface area contributed by atoms with Crippen molar-refractivity contribution in [2.24, 2.45) is 0 Å². The van der Waals surface area contributed by atoms with Crippen molar-refractivity contribution in [2.45, 2.75) is 20.8 Å². The maximum Gasteiger partial charge on any atom is 0.197 e. The summed E-state index contributed by atoms with van der Waals surface area (Å²) in [6.07, 6.45) is 0. The first-order valence-corrected chi connectivity index (χ1v) is 20.7. The molecule has 6 aromatic carbocycles. The summed E-state index contributed by atoms with van der Waals surface area (Å²) in [4.78, 5) is 11.8. The predicted octanol–water partition coefficient (Wildman–Crippen LogP) is 14.8. The molecule has 276 valence electrons. The van der Waals surface area contributed by atoms with E-state index in [0.29, 0.717) is 15.1 Å². The Hall–Kier alpha value is -5.35. The van der Waals surface area contributed by atoms with E-state index in [0.717, 1.165) is 72.0 Å². The molecule has 4 aromatic heterocycles. The van der Waals surface area contributed by atoms with E-state index in [1.165, 1.54) is 20.5 Å². The number of imidazole rings is 2. The zero-order chi connectivity index (χ0) is 38.5. The third kappa shape index (κ3) is 6.47. The van der Waals surface area contributed by atoms with Crippen molar-refractivity contribution >= 4 is 111 Å². The van der Waals surface area contributed by atoms with E-state index in [1.807, 2.05) is 85.8 Å². The minimum Gasteiger partial charge on any atom is -0.339 e. The highest BCUT2D eigenvalue weighted by atomic mass is 35.5. The van der Waals surface area contributed by atoms with Gasteiger partial charge in [-0.2, -0.15) is 0 Å². The maximum absolute atomic E-state index is 6.54. The Kier molecular flexibility index (Phi) is 9.69. The van der Waals surface area contributed by atoms with E-state index in [9.17, 15) is 0 Å². The molecule has 0 radical (unpaired) electrons. The molecule has 0 fully saturated rings. The van der Waals surface area contributed by atoms with Crippen molar-refractivity contribution in [3.63, 3.8) is 0 Å². The Balaban J connectivity index is 0.000000146. The Morgan fingerprint density at radius 3 is 1.32 bits per heavy atom. The van der Waals surface area contributed by atoms with Crippen molar-refractivity contribution in [3.8, 4) is 22.5 Å². The van der Waals surface area contributed by atoms with Crippen LogP contribution in [0.25, 0.3) is 52.9 Å². The molecule has 0 spiro atoms.